The van der Waals surface area contributed by atoms with E-state index in [1.807, 2.05) is 12.1 Å². The molecule has 4 N–H and O–H groups in total. The third kappa shape index (κ3) is 6.12. The summed E-state index contributed by atoms with van der Waals surface area (Å²) in [5, 5.41) is 26.0. The van der Waals surface area contributed by atoms with Gasteiger partial charge in [0.05, 0.1) is 42.8 Å². The number of aliphatic hydroxyl groups is 2. The van der Waals surface area contributed by atoms with E-state index in [9.17, 15) is 24.2 Å². The zero-order valence-electron chi connectivity index (χ0n) is 22.6. The van der Waals surface area contributed by atoms with E-state index in [1.54, 1.807) is 13.0 Å². The van der Waals surface area contributed by atoms with Gasteiger partial charge in [-0.3, -0.25) is 9.59 Å². The summed E-state index contributed by atoms with van der Waals surface area (Å²) in [6.45, 7) is 1.34. The van der Waals surface area contributed by atoms with Crippen molar-refractivity contribution in [2.75, 3.05) is 19.0 Å². The molecular formula is C29H31ClFN5O5. The Kier molecular flexibility index (Phi) is 8.39. The fourth-order valence-electron chi connectivity index (χ4n) is 5.27. The van der Waals surface area contributed by atoms with Crippen molar-refractivity contribution < 1.29 is 28.9 Å². The molecule has 2 aliphatic rings. The normalized spacial score (nSPS) is 19.6. The van der Waals surface area contributed by atoms with Gasteiger partial charge in [-0.05, 0) is 55.5 Å². The molecule has 5 rings (SSSR count). The van der Waals surface area contributed by atoms with Crippen LogP contribution < -0.4 is 15.4 Å². The number of aliphatic hydroxyl groups excluding tert-OH is 2. The highest BCUT2D eigenvalue weighted by Crippen LogP contribution is 2.33. The fourth-order valence-corrected chi connectivity index (χ4v) is 5.47. The van der Waals surface area contributed by atoms with Crippen LogP contribution in [-0.4, -0.2) is 68.8 Å². The predicted octanol–water partition coefficient (Wildman–Crippen LogP) is 3.46. The average Bonchev–Trinajstić information content (AvgIpc) is 3.53. The topological polar surface area (TPSA) is 137 Å². The van der Waals surface area contributed by atoms with Crippen molar-refractivity contribution in [3.05, 3.63) is 70.1 Å². The number of nitrogens with zero attached hydrogens (tertiary/aromatic N) is 3. The summed E-state index contributed by atoms with van der Waals surface area (Å²) >= 11 is 6.43. The lowest BCUT2D eigenvalue weighted by atomic mass is 10.0. The molecule has 12 heteroatoms. The summed E-state index contributed by atoms with van der Waals surface area (Å²) in [5.41, 5.74) is 2.59. The first-order valence-corrected chi connectivity index (χ1v) is 13.7. The number of benzene rings is 2. The molecule has 0 unspecified atom stereocenters. The standard InChI is InChI=1S/C29H31ClFN5O5/c1-15(27(39)34-25(14-37)18-7-19(31)10-22(8-18)41-2)36-13-17-4-3-16(9-23(17)28(36)40)26-24(30)12-32-29(35-26)33-20-5-6-21(38)11-20/h3-4,7-10,12,15,20-21,25,37-38H,5-6,11,13-14H2,1-2H3,(H,34,39)(H,32,33,35)/t15-,20-,21+,25-/m1/s1. The van der Waals surface area contributed by atoms with E-state index in [0.29, 0.717) is 39.8 Å². The molecule has 1 aliphatic heterocycles. The third-order valence-electron chi connectivity index (χ3n) is 7.58. The Bertz CT molecular complexity index is 1470. The number of hydrogen-bond donors (Lipinski definition) is 4. The Morgan fingerprint density at radius 1 is 1.27 bits per heavy atom. The van der Waals surface area contributed by atoms with Crippen molar-refractivity contribution in [2.24, 2.45) is 0 Å². The summed E-state index contributed by atoms with van der Waals surface area (Å²) in [5.74, 6) is -0.756. The van der Waals surface area contributed by atoms with Crippen molar-refractivity contribution in [2.45, 2.75) is 57.0 Å². The van der Waals surface area contributed by atoms with Gasteiger partial charge in [0.2, 0.25) is 11.9 Å². The zero-order chi connectivity index (χ0) is 29.3. The van der Waals surface area contributed by atoms with Gasteiger partial charge in [-0.25, -0.2) is 14.4 Å². The highest BCUT2D eigenvalue weighted by molar-refractivity contribution is 6.33. The number of halogens is 2. The second kappa shape index (κ2) is 12.0. The Morgan fingerprint density at radius 2 is 2.07 bits per heavy atom. The van der Waals surface area contributed by atoms with E-state index in [2.05, 4.69) is 20.6 Å². The lowest BCUT2D eigenvalue weighted by Gasteiger charge is -2.26. The molecule has 3 aromatic rings. The predicted molar refractivity (Wildman–Crippen MR) is 150 cm³/mol. The van der Waals surface area contributed by atoms with Crippen LogP contribution in [0.3, 0.4) is 0 Å². The van der Waals surface area contributed by atoms with Crippen LogP contribution in [-0.2, 0) is 11.3 Å². The molecule has 2 amide bonds. The van der Waals surface area contributed by atoms with Gasteiger partial charge in [-0.1, -0.05) is 23.7 Å². The smallest absolute Gasteiger partial charge is 0.255 e. The summed E-state index contributed by atoms with van der Waals surface area (Å²) in [6, 6.07) is 7.57. The van der Waals surface area contributed by atoms with Crippen LogP contribution in [0.4, 0.5) is 10.3 Å². The van der Waals surface area contributed by atoms with Crippen LogP contribution in [0.1, 0.15) is 53.7 Å². The van der Waals surface area contributed by atoms with Gasteiger partial charge in [0.25, 0.3) is 5.91 Å². The van der Waals surface area contributed by atoms with Crippen LogP contribution in [0.15, 0.2) is 42.6 Å². The summed E-state index contributed by atoms with van der Waals surface area (Å²) in [6.07, 6.45) is 3.31. The van der Waals surface area contributed by atoms with Gasteiger partial charge in [0.1, 0.15) is 17.6 Å². The molecule has 10 nitrogen and oxygen atoms in total. The molecule has 1 saturated carbocycles. The maximum Gasteiger partial charge on any atom is 0.255 e. The van der Waals surface area contributed by atoms with Gasteiger partial charge in [0.15, 0.2) is 0 Å². The number of ether oxygens (including phenoxy) is 1. The van der Waals surface area contributed by atoms with E-state index in [4.69, 9.17) is 16.3 Å². The average molecular weight is 584 g/mol. The maximum absolute atomic E-state index is 14.0. The van der Waals surface area contributed by atoms with Crippen molar-refractivity contribution in [1.29, 1.82) is 0 Å². The molecular weight excluding hydrogens is 553 g/mol. The Morgan fingerprint density at radius 3 is 2.78 bits per heavy atom. The number of nitrogens with one attached hydrogen (secondary N) is 2. The van der Waals surface area contributed by atoms with Crippen LogP contribution >= 0.6 is 11.6 Å². The van der Waals surface area contributed by atoms with Crippen LogP contribution in [0, 0.1) is 5.82 Å². The molecule has 0 saturated heterocycles. The van der Waals surface area contributed by atoms with E-state index < -0.39 is 30.4 Å². The van der Waals surface area contributed by atoms with Crippen LogP contribution in [0.5, 0.6) is 5.75 Å². The molecule has 216 valence electrons. The van der Waals surface area contributed by atoms with E-state index in [1.165, 1.54) is 36.4 Å². The molecule has 4 atom stereocenters. The number of methoxy groups -OCH3 is 1. The number of amides is 2. The quantitative estimate of drug-likeness (QED) is 0.301. The minimum absolute atomic E-state index is 0.0650. The van der Waals surface area contributed by atoms with Gasteiger partial charge in [-0.15, -0.1) is 0 Å². The molecule has 1 fully saturated rings. The minimum Gasteiger partial charge on any atom is -0.497 e. The molecule has 1 aromatic heterocycles. The van der Waals surface area contributed by atoms with Crippen molar-refractivity contribution in [3.8, 4) is 17.0 Å². The summed E-state index contributed by atoms with van der Waals surface area (Å²) in [4.78, 5) is 36.8. The largest absolute Gasteiger partial charge is 0.497 e. The van der Waals surface area contributed by atoms with Crippen LogP contribution in [0.25, 0.3) is 11.3 Å². The minimum atomic E-state index is -0.892. The maximum atomic E-state index is 14.0. The lowest BCUT2D eigenvalue weighted by Crippen LogP contribution is -2.46. The third-order valence-corrected chi connectivity index (χ3v) is 7.85. The number of aromatic nitrogens is 2. The first-order valence-electron chi connectivity index (χ1n) is 13.3. The van der Waals surface area contributed by atoms with Gasteiger partial charge >= 0.3 is 0 Å². The molecule has 2 heterocycles. The Labute approximate surface area is 241 Å². The highest BCUT2D eigenvalue weighted by Gasteiger charge is 2.35. The number of rotatable bonds is 9. The van der Waals surface area contributed by atoms with E-state index >= 15 is 0 Å². The number of hydrogen-bond acceptors (Lipinski definition) is 8. The molecule has 0 radical (unpaired) electrons. The number of fused-ring (bicyclic) bond motifs is 1. The Balaban J connectivity index is 1.31. The highest BCUT2D eigenvalue weighted by atomic mass is 35.5. The summed E-state index contributed by atoms with van der Waals surface area (Å²) < 4.78 is 19.1. The molecule has 0 spiro atoms. The first kappa shape index (κ1) is 28.7. The van der Waals surface area contributed by atoms with E-state index in [0.717, 1.165) is 18.4 Å². The molecule has 41 heavy (non-hydrogen) atoms. The lowest BCUT2D eigenvalue weighted by molar-refractivity contribution is -0.126. The zero-order valence-corrected chi connectivity index (χ0v) is 23.4. The monoisotopic (exact) mass is 583 g/mol. The van der Waals surface area contributed by atoms with Gasteiger partial charge in [-0.2, -0.15) is 0 Å². The van der Waals surface area contributed by atoms with E-state index in [-0.39, 0.29) is 30.3 Å². The van der Waals surface area contributed by atoms with Gasteiger partial charge in [0, 0.05) is 29.8 Å². The number of carbonyl (C=O) groups excluding carboxylic acids is 2. The number of carbonyl (C=O) groups is 2. The van der Waals surface area contributed by atoms with Crippen LogP contribution in [0.2, 0.25) is 5.02 Å². The molecule has 1 aliphatic carbocycles. The van der Waals surface area contributed by atoms with Gasteiger partial charge < -0.3 is 30.5 Å². The fraction of sp³-hybridized carbons (Fsp3) is 0.379. The Hall–Kier alpha value is -3.80. The SMILES string of the molecule is COc1cc(F)cc([C@@H](CO)NC(=O)[C@@H](C)N2Cc3ccc(-c4nc(N[C@@H]5CC[C@H](O)C5)ncc4Cl)cc3C2=O)c1. The van der Waals surface area contributed by atoms with Crippen molar-refractivity contribution in [3.63, 3.8) is 0 Å². The second-order valence-corrected chi connectivity index (χ2v) is 10.8. The first-order chi connectivity index (χ1) is 19.7. The summed E-state index contributed by atoms with van der Waals surface area (Å²) in [7, 11) is 1.40. The van der Waals surface area contributed by atoms with Crippen molar-refractivity contribution in [1.82, 2.24) is 20.2 Å². The molecule has 2 aromatic carbocycles. The second-order valence-electron chi connectivity index (χ2n) is 10.3. The number of anilines is 1. The van der Waals surface area contributed by atoms with Crippen molar-refractivity contribution >= 4 is 29.4 Å². The molecule has 0 bridgehead atoms.